The highest BCUT2D eigenvalue weighted by molar-refractivity contribution is 5.74. The van der Waals surface area contributed by atoms with Gasteiger partial charge in [0.25, 0.3) is 0 Å². The summed E-state index contributed by atoms with van der Waals surface area (Å²) >= 11 is 0. The van der Waals surface area contributed by atoms with E-state index in [0.717, 1.165) is 16.9 Å². The van der Waals surface area contributed by atoms with Crippen LogP contribution in [0.5, 0.6) is 0 Å². The zero-order chi connectivity index (χ0) is 12.4. The van der Waals surface area contributed by atoms with Crippen LogP contribution in [-0.4, -0.2) is 34.7 Å². The number of aryl methyl sites for hydroxylation is 2. The van der Waals surface area contributed by atoms with E-state index in [1.165, 1.54) is 0 Å². The number of hydrogen-bond donors (Lipinski definition) is 3. The number of carboxylic acids is 1. The average Bonchev–Trinajstić information content (AvgIpc) is 2.71. The van der Waals surface area contributed by atoms with Gasteiger partial charge in [-0.15, -0.1) is 0 Å². The molecule has 1 aliphatic heterocycles. The summed E-state index contributed by atoms with van der Waals surface area (Å²) in [6, 6.07) is 1.75. The molecule has 1 aromatic rings. The van der Waals surface area contributed by atoms with E-state index in [-0.39, 0.29) is 6.04 Å². The molecule has 5 heteroatoms. The molecule has 1 aromatic heterocycles. The fourth-order valence-electron chi connectivity index (χ4n) is 2.09. The molecular formula is C12H17N3O2. The highest BCUT2D eigenvalue weighted by Crippen LogP contribution is 2.17. The van der Waals surface area contributed by atoms with Gasteiger partial charge < -0.3 is 15.7 Å². The molecule has 5 nitrogen and oxygen atoms in total. The van der Waals surface area contributed by atoms with Gasteiger partial charge in [0, 0.05) is 18.8 Å². The lowest BCUT2D eigenvalue weighted by Gasteiger charge is -2.14. The number of anilines is 1. The van der Waals surface area contributed by atoms with Crippen molar-refractivity contribution in [2.45, 2.75) is 32.4 Å². The standard InChI is InChI=1S/C12H17N3O2/c1-7-3-8(2)11(14-5-7)15-9-4-10(12(16)17)13-6-9/h3,5,9-10,13H,4,6H2,1-2H3,(H,14,15)(H,16,17)/t9-,10-/m0/s1. The van der Waals surface area contributed by atoms with Crippen LogP contribution in [0.2, 0.25) is 0 Å². The number of carbonyl (C=O) groups is 1. The van der Waals surface area contributed by atoms with Crippen LogP contribution in [0.15, 0.2) is 12.3 Å². The SMILES string of the molecule is Cc1cnc(N[C@@H]2CN[C@H](C(=O)O)C2)c(C)c1. The number of nitrogens with one attached hydrogen (secondary N) is 2. The molecule has 0 saturated carbocycles. The Bertz CT molecular complexity index is 434. The van der Waals surface area contributed by atoms with Gasteiger partial charge in [-0.1, -0.05) is 6.07 Å². The van der Waals surface area contributed by atoms with Gasteiger partial charge in [-0.05, 0) is 31.4 Å². The number of hydrogen-bond acceptors (Lipinski definition) is 4. The molecule has 1 fully saturated rings. The molecule has 0 spiro atoms. The first-order valence-electron chi connectivity index (χ1n) is 5.72. The third-order valence-electron chi connectivity index (χ3n) is 2.98. The molecule has 0 aromatic carbocycles. The summed E-state index contributed by atoms with van der Waals surface area (Å²) in [5.41, 5.74) is 2.21. The second-order valence-electron chi connectivity index (χ2n) is 4.55. The van der Waals surface area contributed by atoms with Crippen molar-refractivity contribution >= 4 is 11.8 Å². The minimum absolute atomic E-state index is 0.130. The Balaban J connectivity index is 2.00. The number of carboxylic acid groups (broad SMARTS) is 1. The van der Waals surface area contributed by atoms with E-state index in [9.17, 15) is 4.79 Å². The lowest BCUT2D eigenvalue weighted by atomic mass is 10.1. The molecule has 0 amide bonds. The van der Waals surface area contributed by atoms with Crippen molar-refractivity contribution < 1.29 is 9.90 Å². The minimum Gasteiger partial charge on any atom is -0.480 e. The smallest absolute Gasteiger partial charge is 0.320 e. The number of nitrogens with zero attached hydrogens (tertiary/aromatic N) is 1. The first-order chi connectivity index (χ1) is 8.06. The molecule has 1 saturated heterocycles. The van der Waals surface area contributed by atoms with Crippen molar-refractivity contribution in [3.8, 4) is 0 Å². The third kappa shape index (κ3) is 2.74. The minimum atomic E-state index is -0.789. The van der Waals surface area contributed by atoms with E-state index >= 15 is 0 Å². The van der Waals surface area contributed by atoms with E-state index < -0.39 is 12.0 Å². The van der Waals surface area contributed by atoms with E-state index in [1.54, 1.807) is 0 Å². The lowest BCUT2D eigenvalue weighted by Crippen LogP contribution is -2.30. The summed E-state index contributed by atoms with van der Waals surface area (Å²) in [4.78, 5) is 15.1. The van der Waals surface area contributed by atoms with Gasteiger partial charge in [0.1, 0.15) is 11.9 Å². The predicted octanol–water partition coefficient (Wildman–Crippen LogP) is 0.925. The average molecular weight is 235 g/mol. The van der Waals surface area contributed by atoms with Gasteiger partial charge in [-0.3, -0.25) is 4.79 Å². The number of rotatable bonds is 3. The molecule has 17 heavy (non-hydrogen) atoms. The van der Waals surface area contributed by atoms with E-state index in [0.29, 0.717) is 13.0 Å². The zero-order valence-electron chi connectivity index (χ0n) is 10.0. The van der Waals surface area contributed by atoms with Gasteiger partial charge in [0.15, 0.2) is 0 Å². The normalized spacial score (nSPS) is 23.6. The van der Waals surface area contributed by atoms with Crippen molar-refractivity contribution in [1.29, 1.82) is 0 Å². The molecule has 1 aliphatic rings. The summed E-state index contributed by atoms with van der Waals surface area (Å²) in [6.07, 6.45) is 2.40. The first-order valence-corrected chi connectivity index (χ1v) is 5.72. The van der Waals surface area contributed by atoms with Crippen LogP contribution >= 0.6 is 0 Å². The maximum absolute atomic E-state index is 10.8. The van der Waals surface area contributed by atoms with Gasteiger partial charge in [-0.25, -0.2) is 4.98 Å². The quantitative estimate of drug-likeness (QED) is 0.726. The van der Waals surface area contributed by atoms with E-state index in [2.05, 4.69) is 21.7 Å². The molecular weight excluding hydrogens is 218 g/mol. The highest BCUT2D eigenvalue weighted by Gasteiger charge is 2.29. The van der Waals surface area contributed by atoms with Gasteiger partial charge in [0.2, 0.25) is 0 Å². The van der Waals surface area contributed by atoms with Crippen LogP contribution in [0, 0.1) is 13.8 Å². The third-order valence-corrected chi connectivity index (χ3v) is 2.98. The maximum Gasteiger partial charge on any atom is 0.320 e. The molecule has 2 rings (SSSR count). The highest BCUT2D eigenvalue weighted by atomic mass is 16.4. The van der Waals surface area contributed by atoms with Crippen molar-refractivity contribution in [2.75, 3.05) is 11.9 Å². The molecule has 2 heterocycles. The monoisotopic (exact) mass is 235 g/mol. The van der Waals surface area contributed by atoms with Crippen LogP contribution in [0.3, 0.4) is 0 Å². The maximum atomic E-state index is 10.8. The number of aromatic nitrogens is 1. The Labute approximate surface area is 100 Å². The fourth-order valence-corrected chi connectivity index (χ4v) is 2.09. The number of pyridine rings is 1. The van der Waals surface area contributed by atoms with Gasteiger partial charge in [-0.2, -0.15) is 0 Å². The predicted molar refractivity (Wildman–Crippen MR) is 65.2 cm³/mol. The summed E-state index contributed by atoms with van der Waals surface area (Å²) in [6.45, 7) is 4.66. The molecule has 0 bridgehead atoms. The van der Waals surface area contributed by atoms with Crippen molar-refractivity contribution in [2.24, 2.45) is 0 Å². The molecule has 0 radical (unpaired) electrons. The summed E-state index contributed by atoms with van der Waals surface area (Å²) < 4.78 is 0. The summed E-state index contributed by atoms with van der Waals surface area (Å²) in [7, 11) is 0. The van der Waals surface area contributed by atoms with Crippen molar-refractivity contribution in [3.63, 3.8) is 0 Å². The Hall–Kier alpha value is -1.62. The topological polar surface area (TPSA) is 74.2 Å². The van der Waals surface area contributed by atoms with Crippen LogP contribution in [0.25, 0.3) is 0 Å². The summed E-state index contributed by atoms with van der Waals surface area (Å²) in [5.74, 6) is 0.0522. The van der Waals surface area contributed by atoms with Gasteiger partial charge in [0.05, 0.1) is 0 Å². The van der Waals surface area contributed by atoms with E-state index in [4.69, 9.17) is 5.11 Å². The molecule has 0 aliphatic carbocycles. The second-order valence-corrected chi connectivity index (χ2v) is 4.55. The van der Waals surface area contributed by atoms with Gasteiger partial charge >= 0.3 is 5.97 Å². The van der Waals surface area contributed by atoms with Crippen LogP contribution in [0.1, 0.15) is 17.5 Å². The van der Waals surface area contributed by atoms with Crippen molar-refractivity contribution in [3.05, 3.63) is 23.4 Å². The largest absolute Gasteiger partial charge is 0.480 e. The Kier molecular flexibility index (Phi) is 3.28. The van der Waals surface area contributed by atoms with Crippen LogP contribution < -0.4 is 10.6 Å². The lowest BCUT2D eigenvalue weighted by molar-refractivity contribution is -0.139. The zero-order valence-corrected chi connectivity index (χ0v) is 10.0. The molecule has 0 unspecified atom stereocenters. The molecule has 2 atom stereocenters. The van der Waals surface area contributed by atoms with E-state index in [1.807, 2.05) is 20.0 Å². The molecule has 92 valence electrons. The Morgan fingerprint density at radius 3 is 2.94 bits per heavy atom. The Morgan fingerprint density at radius 1 is 1.59 bits per heavy atom. The summed E-state index contributed by atoms with van der Waals surface area (Å²) in [5, 5.41) is 15.1. The first kappa shape index (κ1) is 11.9. The second kappa shape index (κ2) is 4.71. The Morgan fingerprint density at radius 2 is 2.35 bits per heavy atom. The van der Waals surface area contributed by atoms with Crippen LogP contribution in [0.4, 0.5) is 5.82 Å². The van der Waals surface area contributed by atoms with Crippen LogP contribution in [-0.2, 0) is 4.79 Å². The number of aliphatic carboxylic acids is 1. The van der Waals surface area contributed by atoms with Crippen molar-refractivity contribution in [1.82, 2.24) is 10.3 Å². The molecule has 3 N–H and O–H groups in total. The fraction of sp³-hybridized carbons (Fsp3) is 0.500.